The molecule has 2 aromatic carbocycles. The third-order valence-corrected chi connectivity index (χ3v) is 6.20. The predicted molar refractivity (Wildman–Crippen MR) is 127 cm³/mol. The van der Waals surface area contributed by atoms with Crippen LogP contribution in [0.2, 0.25) is 0 Å². The fourth-order valence-electron chi connectivity index (χ4n) is 3.61. The number of hydrogen-bond acceptors (Lipinski definition) is 4. The van der Waals surface area contributed by atoms with Crippen LogP contribution in [0.15, 0.2) is 64.9 Å². The van der Waals surface area contributed by atoms with Crippen molar-refractivity contribution in [2.75, 3.05) is 20.7 Å². The van der Waals surface area contributed by atoms with E-state index in [-0.39, 0.29) is 17.6 Å². The Hall–Kier alpha value is -2.97. The number of carbonyl (C=O) groups excluding carboxylic acids is 2. The lowest BCUT2D eigenvalue weighted by atomic mass is 10.1. The highest BCUT2D eigenvalue weighted by Crippen LogP contribution is 2.30. The lowest BCUT2D eigenvalue weighted by Crippen LogP contribution is -2.33. The molecule has 0 bridgehead atoms. The molecule has 1 aliphatic rings. The van der Waals surface area contributed by atoms with Crippen LogP contribution in [-0.2, 0) is 20.9 Å². The van der Waals surface area contributed by atoms with Gasteiger partial charge in [0.1, 0.15) is 12.2 Å². The fourth-order valence-corrected chi connectivity index (χ4v) is 4.22. The number of amides is 1. The molecule has 0 N–H and O–H groups in total. The summed E-state index contributed by atoms with van der Waals surface area (Å²) in [6.07, 6.45) is 3.80. The number of rotatable bonds is 5. The van der Waals surface area contributed by atoms with Crippen molar-refractivity contribution in [1.29, 1.82) is 0 Å². The molecule has 6 nitrogen and oxygen atoms in total. The zero-order valence-corrected chi connectivity index (χ0v) is 19.4. The maximum Gasteiger partial charge on any atom is 0.325 e. The summed E-state index contributed by atoms with van der Waals surface area (Å²) < 4.78 is 7.87. The van der Waals surface area contributed by atoms with Crippen molar-refractivity contribution < 1.29 is 14.3 Å². The SMILES string of the molecule is COC(=O)CN1C(=S)N(C)C(=O)/C1=C/c1cn(Cc2ccccc2)c2ccc(Br)cc12. The molecule has 3 aromatic rings. The highest BCUT2D eigenvalue weighted by atomic mass is 79.9. The van der Waals surface area contributed by atoms with Gasteiger partial charge < -0.3 is 14.2 Å². The highest BCUT2D eigenvalue weighted by molar-refractivity contribution is 9.10. The van der Waals surface area contributed by atoms with E-state index in [0.29, 0.717) is 12.2 Å². The largest absolute Gasteiger partial charge is 0.468 e. The molecule has 2 heterocycles. The summed E-state index contributed by atoms with van der Waals surface area (Å²) in [5.41, 5.74) is 3.42. The van der Waals surface area contributed by atoms with E-state index in [1.165, 1.54) is 22.5 Å². The number of methoxy groups -OCH3 is 1. The smallest absolute Gasteiger partial charge is 0.325 e. The molecule has 1 aromatic heterocycles. The van der Waals surface area contributed by atoms with Gasteiger partial charge in [-0.1, -0.05) is 46.3 Å². The summed E-state index contributed by atoms with van der Waals surface area (Å²) in [6.45, 7) is 0.573. The zero-order chi connectivity index (χ0) is 22.1. The van der Waals surface area contributed by atoms with E-state index in [9.17, 15) is 9.59 Å². The number of carbonyl (C=O) groups is 2. The number of aromatic nitrogens is 1. The van der Waals surface area contributed by atoms with Gasteiger partial charge in [0.2, 0.25) is 0 Å². The van der Waals surface area contributed by atoms with Crippen molar-refractivity contribution in [1.82, 2.24) is 14.4 Å². The summed E-state index contributed by atoms with van der Waals surface area (Å²) in [5.74, 6) is -0.724. The van der Waals surface area contributed by atoms with E-state index >= 15 is 0 Å². The minimum atomic E-state index is -0.467. The van der Waals surface area contributed by atoms with Crippen LogP contribution < -0.4 is 0 Å². The second-order valence-electron chi connectivity index (χ2n) is 7.20. The van der Waals surface area contributed by atoms with Gasteiger partial charge in [-0.2, -0.15) is 0 Å². The first-order chi connectivity index (χ1) is 14.9. The molecule has 0 aliphatic carbocycles. The average Bonchev–Trinajstić information content (AvgIpc) is 3.19. The van der Waals surface area contributed by atoms with Gasteiger partial charge in [0.05, 0.1) is 7.11 Å². The minimum Gasteiger partial charge on any atom is -0.468 e. The Morgan fingerprint density at radius 3 is 2.65 bits per heavy atom. The number of halogens is 1. The van der Waals surface area contributed by atoms with Gasteiger partial charge in [0.25, 0.3) is 5.91 Å². The third kappa shape index (κ3) is 4.13. The van der Waals surface area contributed by atoms with E-state index in [1.807, 2.05) is 42.6 Å². The Morgan fingerprint density at radius 1 is 1.19 bits per heavy atom. The highest BCUT2D eigenvalue weighted by Gasteiger charge is 2.37. The predicted octanol–water partition coefficient (Wildman–Crippen LogP) is 4.02. The number of benzene rings is 2. The Labute approximate surface area is 193 Å². The first-order valence-corrected chi connectivity index (χ1v) is 10.8. The molecule has 1 fully saturated rings. The molecule has 31 heavy (non-hydrogen) atoms. The van der Waals surface area contributed by atoms with Gasteiger partial charge in [0.15, 0.2) is 5.11 Å². The molecule has 0 unspecified atom stereocenters. The first kappa shape index (κ1) is 21.3. The average molecular weight is 498 g/mol. The summed E-state index contributed by atoms with van der Waals surface area (Å²) in [7, 11) is 2.91. The molecule has 4 rings (SSSR count). The van der Waals surface area contributed by atoms with Crippen LogP contribution in [0, 0.1) is 0 Å². The minimum absolute atomic E-state index is 0.121. The summed E-state index contributed by atoms with van der Waals surface area (Å²) in [5, 5.41) is 1.26. The number of esters is 1. The van der Waals surface area contributed by atoms with Crippen LogP contribution >= 0.6 is 28.1 Å². The molecule has 158 valence electrons. The van der Waals surface area contributed by atoms with Gasteiger partial charge in [-0.3, -0.25) is 14.5 Å². The van der Waals surface area contributed by atoms with Gasteiger partial charge in [0, 0.05) is 40.7 Å². The quantitative estimate of drug-likeness (QED) is 0.302. The maximum atomic E-state index is 12.9. The van der Waals surface area contributed by atoms with Crippen LogP contribution in [0.3, 0.4) is 0 Å². The number of nitrogens with zero attached hydrogens (tertiary/aromatic N) is 3. The van der Waals surface area contributed by atoms with Crippen molar-refractivity contribution in [3.8, 4) is 0 Å². The zero-order valence-electron chi connectivity index (χ0n) is 17.0. The lowest BCUT2D eigenvalue weighted by Gasteiger charge is -2.16. The Kier molecular flexibility index (Phi) is 5.93. The van der Waals surface area contributed by atoms with E-state index < -0.39 is 5.97 Å². The second kappa shape index (κ2) is 8.64. The van der Waals surface area contributed by atoms with Crippen molar-refractivity contribution in [2.45, 2.75) is 6.54 Å². The number of hydrogen-bond donors (Lipinski definition) is 0. The maximum absolute atomic E-state index is 12.9. The van der Waals surface area contributed by atoms with Gasteiger partial charge in [-0.15, -0.1) is 0 Å². The Bertz CT molecular complexity index is 1220. The van der Waals surface area contributed by atoms with Crippen LogP contribution in [0.25, 0.3) is 17.0 Å². The molecule has 0 saturated carbocycles. The van der Waals surface area contributed by atoms with Crippen molar-refractivity contribution in [2.24, 2.45) is 0 Å². The summed E-state index contributed by atoms with van der Waals surface area (Å²) in [6, 6.07) is 16.2. The van der Waals surface area contributed by atoms with Gasteiger partial charge >= 0.3 is 5.97 Å². The molecule has 0 atom stereocenters. The van der Waals surface area contributed by atoms with E-state index in [0.717, 1.165) is 20.9 Å². The Morgan fingerprint density at radius 2 is 1.94 bits per heavy atom. The standard InChI is InChI=1S/C23H20BrN3O3S/c1-25-22(29)20(27(23(25)31)14-21(28)30-2)10-16-13-26(12-15-6-4-3-5-7-15)19-9-8-17(24)11-18(16)19/h3-11,13H,12,14H2,1-2H3/b20-10-. The summed E-state index contributed by atoms with van der Waals surface area (Å²) in [4.78, 5) is 27.6. The van der Waals surface area contributed by atoms with Crippen LogP contribution in [0.1, 0.15) is 11.1 Å². The topological polar surface area (TPSA) is 54.8 Å². The first-order valence-electron chi connectivity index (χ1n) is 9.59. The van der Waals surface area contributed by atoms with Crippen molar-refractivity contribution in [3.63, 3.8) is 0 Å². The molecular weight excluding hydrogens is 478 g/mol. The van der Waals surface area contributed by atoms with Crippen LogP contribution in [0.4, 0.5) is 0 Å². The normalized spacial score (nSPS) is 15.4. The molecule has 0 spiro atoms. The third-order valence-electron chi connectivity index (χ3n) is 5.21. The number of thiocarbonyl (C=S) groups is 1. The number of fused-ring (bicyclic) bond motifs is 1. The van der Waals surface area contributed by atoms with E-state index in [2.05, 4.69) is 32.6 Å². The molecule has 0 radical (unpaired) electrons. The molecule has 1 saturated heterocycles. The number of ether oxygens (including phenoxy) is 1. The molecular formula is C23H20BrN3O3S. The molecule has 8 heteroatoms. The lowest BCUT2D eigenvalue weighted by molar-refractivity contribution is -0.140. The molecule has 1 aliphatic heterocycles. The van der Waals surface area contributed by atoms with Crippen molar-refractivity contribution in [3.05, 3.63) is 76.0 Å². The Balaban J connectivity index is 1.82. The van der Waals surface area contributed by atoms with E-state index in [1.54, 1.807) is 13.1 Å². The van der Waals surface area contributed by atoms with Gasteiger partial charge in [-0.25, -0.2) is 0 Å². The number of likely N-dealkylation sites (N-methyl/N-ethyl adjacent to an activating group) is 1. The van der Waals surface area contributed by atoms with E-state index in [4.69, 9.17) is 17.0 Å². The monoisotopic (exact) mass is 497 g/mol. The summed E-state index contributed by atoms with van der Waals surface area (Å²) >= 11 is 8.92. The van der Waals surface area contributed by atoms with Crippen molar-refractivity contribution >= 4 is 62.1 Å². The second-order valence-corrected chi connectivity index (χ2v) is 8.48. The van der Waals surface area contributed by atoms with Crippen LogP contribution in [0.5, 0.6) is 0 Å². The van der Waals surface area contributed by atoms with Gasteiger partial charge in [-0.05, 0) is 42.1 Å². The molecule has 1 amide bonds. The fraction of sp³-hybridized carbons (Fsp3) is 0.174. The van der Waals surface area contributed by atoms with Crippen LogP contribution in [-0.4, -0.2) is 52.1 Å².